The summed E-state index contributed by atoms with van der Waals surface area (Å²) in [7, 11) is 0. The summed E-state index contributed by atoms with van der Waals surface area (Å²) < 4.78 is 20.3. The molecule has 0 fully saturated rings. The maximum absolute atomic E-state index is 13.4. The third-order valence-corrected chi connectivity index (χ3v) is 3.56. The molecule has 0 aliphatic heterocycles. The molecule has 0 saturated heterocycles. The van der Waals surface area contributed by atoms with Gasteiger partial charge in [-0.1, -0.05) is 5.21 Å². The Morgan fingerprint density at radius 1 is 1.17 bits per heavy atom. The van der Waals surface area contributed by atoms with Crippen molar-refractivity contribution in [2.24, 2.45) is 0 Å². The van der Waals surface area contributed by atoms with E-state index < -0.39 is 0 Å². The van der Waals surface area contributed by atoms with Crippen molar-refractivity contribution in [2.45, 2.75) is 6.54 Å². The Labute approximate surface area is 134 Å². The predicted octanol–water partition coefficient (Wildman–Crippen LogP) is 1.83. The normalized spacial score (nSPS) is 11.2. The molecule has 0 aliphatic rings. The summed E-state index contributed by atoms with van der Waals surface area (Å²) in [5, 5.41) is 8.16. The number of aromatic nitrogens is 5. The number of nitrogen functional groups attached to an aromatic ring is 2. The third-order valence-electron chi connectivity index (χ3n) is 3.56. The molecule has 9 heteroatoms. The zero-order valence-electron chi connectivity index (χ0n) is 12.3. The van der Waals surface area contributed by atoms with Gasteiger partial charge in [0.05, 0.1) is 12.8 Å². The molecule has 120 valence electrons. The molecule has 1 aromatic carbocycles. The van der Waals surface area contributed by atoms with Gasteiger partial charge in [-0.3, -0.25) is 0 Å². The van der Waals surface area contributed by atoms with Gasteiger partial charge in [0, 0.05) is 5.69 Å². The van der Waals surface area contributed by atoms with E-state index in [1.54, 1.807) is 12.1 Å². The van der Waals surface area contributed by atoms with Crippen molar-refractivity contribution in [3.8, 4) is 11.5 Å². The van der Waals surface area contributed by atoms with Crippen molar-refractivity contribution in [2.75, 3.05) is 11.5 Å². The van der Waals surface area contributed by atoms with Crippen LogP contribution in [0.3, 0.4) is 0 Å². The number of nitrogens with two attached hydrogens (primary N) is 2. The maximum Gasteiger partial charge on any atom is 0.222 e. The van der Waals surface area contributed by atoms with Gasteiger partial charge in [0.15, 0.2) is 16.9 Å². The van der Waals surface area contributed by atoms with E-state index in [2.05, 4.69) is 20.3 Å². The zero-order chi connectivity index (χ0) is 16.7. The van der Waals surface area contributed by atoms with Gasteiger partial charge >= 0.3 is 0 Å². The molecule has 3 heterocycles. The zero-order valence-corrected chi connectivity index (χ0v) is 12.3. The van der Waals surface area contributed by atoms with Gasteiger partial charge in [-0.15, -0.1) is 5.10 Å². The van der Waals surface area contributed by atoms with E-state index in [4.69, 9.17) is 15.9 Å². The monoisotopic (exact) mass is 325 g/mol. The highest BCUT2D eigenvalue weighted by Crippen LogP contribution is 2.26. The lowest BCUT2D eigenvalue weighted by Crippen LogP contribution is -2.07. The van der Waals surface area contributed by atoms with E-state index >= 15 is 0 Å². The molecular formula is C15H12FN7O. The Morgan fingerprint density at radius 2 is 2.04 bits per heavy atom. The average molecular weight is 325 g/mol. The van der Waals surface area contributed by atoms with Crippen molar-refractivity contribution >= 4 is 22.8 Å². The van der Waals surface area contributed by atoms with Crippen LogP contribution in [0.4, 0.5) is 16.0 Å². The fourth-order valence-corrected chi connectivity index (χ4v) is 2.44. The summed E-state index contributed by atoms with van der Waals surface area (Å²) in [5.74, 6) is 0.185. The predicted molar refractivity (Wildman–Crippen MR) is 85.1 cm³/mol. The smallest absolute Gasteiger partial charge is 0.222 e. The van der Waals surface area contributed by atoms with Crippen LogP contribution in [-0.4, -0.2) is 25.0 Å². The Kier molecular flexibility index (Phi) is 3.12. The second-order valence-electron chi connectivity index (χ2n) is 5.17. The quantitative estimate of drug-likeness (QED) is 0.551. The standard InChI is InChI=1S/C15H12FN7O/c16-9-3-4-10(17)8(6-9)7-23-14-13(21-22-23)12(19-15(18)20-14)11-2-1-5-24-11/h1-6H,7,17H2,(H2,18,19,20). The number of rotatable bonds is 3. The highest BCUT2D eigenvalue weighted by Gasteiger charge is 2.17. The topological polar surface area (TPSA) is 122 Å². The molecule has 0 bridgehead atoms. The molecule has 24 heavy (non-hydrogen) atoms. The van der Waals surface area contributed by atoms with Gasteiger partial charge in [-0.2, -0.15) is 4.98 Å². The SMILES string of the molecule is Nc1nc(-c2ccco2)c2nnn(Cc3cc(F)ccc3N)c2n1. The van der Waals surface area contributed by atoms with Crippen molar-refractivity contribution in [1.82, 2.24) is 25.0 Å². The van der Waals surface area contributed by atoms with E-state index in [1.807, 2.05) is 0 Å². The van der Waals surface area contributed by atoms with Crippen LogP contribution >= 0.6 is 0 Å². The van der Waals surface area contributed by atoms with E-state index in [0.29, 0.717) is 33.9 Å². The summed E-state index contributed by atoms with van der Waals surface area (Å²) >= 11 is 0. The van der Waals surface area contributed by atoms with E-state index in [9.17, 15) is 4.39 Å². The Balaban J connectivity index is 1.85. The van der Waals surface area contributed by atoms with Crippen molar-refractivity contribution in [3.05, 3.63) is 48.0 Å². The minimum atomic E-state index is -0.381. The van der Waals surface area contributed by atoms with Gasteiger partial charge in [0.1, 0.15) is 11.5 Å². The summed E-state index contributed by atoms with van der Waals surface area (Å²) in [6.07, 6.45) is 1.53. The first-order valence-corrected chi connectivity index (χ1v) is 7.06. The van der Waals surface area contributed by atoms with Gasteiger partial charge in [-0.05, 0) is 35.9 Å². The minimum absolute atomic E-state index is 0.0599. The number of nitrogens with zero attached hydrogens (tertiary/aromatic N) is 5. The maximum atomic E-state index is 13.4. The first-order chi connectivity index (χ1) is 11.6. The highest BCUT2D eigenvalue weighted by atomic mass is 19.1. The fraction of sp³-hybridized carbons (Fsp3) is 0.0667. The number of hydrogen-bond donors (Lipinski definition) is 2. The molecule has 0 atom stereocenters. The van der Waals surface area contributed by atoms with E-state index in [1.165, 1.54) is 29.1 Å². The fourth-order valence-electron chi connectivity index (χ4n) is 2.44. The van der Waals surface area contributed by atoms with E-state index in [0.717, 1.165) is 0 Å². The van der Waals surface area contributed by atoms with Crippen molar-refractivity contribution in [3.63, 3.8) is 0 Å². The Bertz CT molecular complexity index is 1030. The van der Waals surface area contributed by atoms with Crippen molar-refractivity contribution < 1.29 is 8.81 Å². The van der Waals surface area contributed by atoms with Gasteiger partial charge < -0.3 is 15.9 Å². The lowest BCUT2D eigenvalue weighted by molar-refractivity contribution is 0.580. The van der Waals surface area contributed by atoms with Crippen LogP contribution in [0.2, 0.25) is 0 Å². The van der Waals surface area contributed by atoms with Crippen LogP contribution in [0, 0.1) is 5.82 Å². The van der Waals surface area contributed by atoms with Crippen LogP contribution < -0.4 is 11.5 Å². The molecule has 4 N–H and O–H groups in total. The minimum Gasteiger partial charge on any atom is -0.463 e. The largest absolute Gasteiger partial charge is 0.463 e. The molecule has 0 saturated carbocycles. The van der Waals surface area contributed by atoms with Crippen LogP contribution in [-0.2, 0) is 6.54 Å². The molecule has 0 amide bonds. The first-order valence-electron chi connectivity index (χ1n) is 7.06. The molecule has 0 aliphatic carbocycles. The van der Waals surface area contributed by atoms with Crippen LogP contribution in [0.1, 0.15) is 5.56 Å². The molecular weight excluding hydrogens is 313 g/mol. The lowest BCUT2D eigenvalue weighted by atomic mass is 10.2. The molecule has 8 nitrogen and oxygen atoms in total. The van der Waals surface area contributed by atoms with Crippen molar-refractivity contribution in [1.29, 1.82) is 0 Å². The second-order valence-corrected chi connectivity index (χ2v) is 5.17. The molecule has 4 aromatic rings. The number of furan rings is 1. The van der Waals surface area contributed by atoms with Crippen LogP contribution in [0.25, 0.3) is 22.6 Å². The molecule has 4 rings (SSSR count). The number of fused-ring (bicyclic) bond motifs is 1. The number of benzene rings is 1. The molecule has 0 spiro atoms. The lowest BCUT2D eigenvalue weighted by Gasteiger charge is -2.06. The summed E-state index contributed by atoms with van der Waals surface area (Å²) in [6.45, 7) is 0.203. The van der Waals surface area contributed by atoms with Gasteiger partial charge in [-0.25, -0.2) is 14.1 Å². The van der Waals surface area contributed by atoms with Gasteiger partial charge in [0.25, 0.3) is 0 Å². The average Bonchev–Trinajstić information content (AvgIpc) is 3.21. The Morgan fingerprint density at radius 3 is 2.83 bits per heavy atom. The number of anilines is 2. The third kappa shape index (κ3) is 2.32. The molecule has 0 radical (unpaired) electrons. The second kappa shape index (κ2) is 5.30. The molecule has 0 unspecified atom stereocenters. The number of halogens is 1. The summed E-state index contributed by atoms with van der Waals surface area (Å²) in [5.41, 5.74) is 14.0. The van der Waals surface area contributed by atoms with Crippen LogP contribution in [0.15, 0.2) is 41.0 Å². The Hall–Kier alpha value is -3.49. The van der Waals surface area contributed by atoms with Crippen LogP contribution in [0.5, 0.6) is 0 Å². The highest BCUT2D eigenvalue weighted by molar-refractivity contribution is 5.85. The first kappa shape index (κ1) is 14.1. The molecule has 3 aromatic heterocycles. The van der Waals surface area contributed by atoms with E-state index in [-0.39, 0.29) is 18.3 Å². The summed E-state index contributed by atoms with van der Waals surface area (Å²) in [6, 6.07) is 7.62. The number of hydrogen-bond acceptors (Lipinski definition) is 7. The van der Waals surface area contributed by atoms with Gasteiger partial charge in [0.2, 0.25) is 5.95 Å². The summed E-state index contributed by atoms with van der Waals surface area (Å²) in [4.78, 5) is 8.35.